The van der Waals surface area contributed by atoms with Crippen LogP contribution in [0, 0.1) is 0 Å². The maximum absolute atomic E-state index is 13.6. The number of aromatic nitrogens is 2. The summed E-state index contributed by atoms with van der Waals surface area (Å²) in [5.74, 6) is -1.64. The quantitative estimate of drug-likeness (QED) is 0.222. The first-order valence-electron chi connectivity index (χ1n) is 12.3. The van der Waals surface area contributed by atoms with E-state index in [0.29, 0.717) is 5.69 Å². The average molecular weight is 589 g/mol. The number of nitrogens with one attached hydrogen (secondary N) is 2. The molecule has 10 nitrogen and oxygen atoms in total. The van der Waals surface area contributed by atoms with Gasteiger partial charge in [0.15, 0.2) is 0 Å². The summed E-state index contributed by atoms with van der Waals surface area (Å²) in [6, 6.07) is 16.5. The summed E-state index contributed by atoms with van der Waals surface area (Å²) >= 11 is 0. The first kappa shape index (κ1) is 28.1. The van der Waals surface area contributed by atoms with Gasteiger partial charge in [-0.3, -0.25) is 19.9 Å². The summed E-state index contributed by atoms with van der Waals surface area (Å²) < 4.78 is 74.7. The van der Waals surface area contributed by atoms with Crippen LogP contribution in [0.15, 0.2) is 88.6 Å². The van der Waals surface area contributed by atoms with E-state index < -0.39 is 45.0 Å². The van der Waals surface area contributed by atoms with E-state index >= 15 is 0 Å². The van der Waals surface area contributed by atoms with Crippen LogP contribution in [0.5, 0.6) is 11.5 Å². The third-order valence-corrected chi connectivity index (χ3v) is 8.49. The minimum atomic E-state index is -4.66. The molecular weight excluding hydrogens is 565 g/mol. The molecule has 3 N–H and O–H groups in total. The standard InChI is InChI=1S/C27H23F3N4O6S/c28-27(29,30)20-8-4-5-9-22(20)40-18-10-12-19(13-11-18)41(38,39)34-15-14-21-23(24(34)25(35)32-37)26(36)33(31-21)16-17-6-2-1-3-7-17/h1-13,24,31,37H,14-16H2,(H,32,35). The summed E-state index contributed by atoms with van der Waals surface area (Å²) in [5.41, 5.74) is 0.865. The van der Waals surface area contributed by atoms with Crippen LogP contribution in [0.1, 0.15) is 28.4 Å². The molecule has 41 heavy (non-hydrogen) atoms. The van der Waals surface area contributed by atoms with Gasteiger partial charge in [-0.25, -0.2) is 18.6 Å². The van der Waals surface area contributed by atoms with Crippen molar-refractivity contribution in [1.29, 1.82) is 0 Å². The van der Waals surface area contributed by atoms with Crippen molar-refractivity contribution in [3.05, 3.63) is 112 Å². The van der Waals surface area contributed by atoms with Crippen LogP contribution >= 0.6 is 0 Å². The Morgan fingerprint density at radius 2 is 1.68 bits per heavy atom. The Balaban J connectivity index is 1.45. The van der Waals surface area contributed by atoms with E-state index in [0.717, 1.165) is 34.1 Å². The van der Waals surface area contributed by atoms with E-state index in [9.17, 15) is 36.4 Å². The van der Waals surface area contributed by atoms with Gasteiger partial charge < -0.3 is 4.74 Å². The summed E-state index contributed by atoms with van der Waals surface area (Å²) in [6.45, 7) is -0.0538. The predicted octanol–water partition coefficient (Wildman–Crippen LogP) is 3.83. The maximum atomic E-state index is 13.6. The Bertz CT molecular complexity index is 1740. The molecule has 1 amide bonds. The summed E-state index contributed by atoms with van der Waals surface area (Å²) in [7, 11) is -4.43. The zero-order valence-electron chi connectivity index (χ0n) is 21.1. The van der Waals surface area contributed by atoms with Gasteiger partial charge in [0.1, 0.15) is 17.5 Å². The molecule has 14 heteroatoms. The zero-order valence-corrected chi connectivity index (χ0v) is 21.9. The van der Waals surface area contributed by atoms with Crippen molar-refractivity contribution < 1.29 is 36.3 Å². The van der Waals surface area contributed by atoms with E-state index in [2.05, 4.69) is 5.10 Å². The fourth-order valence-electron chi connectivity index (χ4n) is 4.71. The number of para-hydroxylation sites is 1. The highest BCUT2D eigenvalue weighted by molar-refractivity contribution is 7.89. The topological polar surface area (TPSA) is 134 Å². The van der Waals surface area contributed by atoms with Gasteiger partial charge in [0, 0.05) is 18.7 Å². The Morgan fingerprint density at radius 3 is 2.34 bits per heavy atom. The van der Waals surface area contributed by atoms with Crippen molar-refractivity contribution in [3.63, 3.8) is 0 Å². The van der Waals surface area contributed by atoms with Crippen LogP contribution in [0.25, 0.3) is 0 Å². The molecule has 1 aliphatic rings. The molecule has 1 atom stereocenters. The molecule has 0 saturated carbocycles. The van der Waals surface area contributed by atoms with Gasteiger partial charge in [-0.05, 0) is 42.0 Å². The molecule has 0 bridgehead atoms. The normalized spacial score (nSPS) is 15.8. The fourth-order valence-corrected chi connectivity index (χ4v) is 6.27. The van der Waals surface area contributed by atoms with Crippen molar-refractivity contribution in [2.45, 2.75) is 30.1 Å². The lowest BCUT2D eigenvalue weighted by Gasteiger charge is -2.32. The third kappa shape index (κ3) is 5.49. The van der Waals surface area contributed by atoms with Gasteiger partial charge in [0.05, 0.1) is 22.6 Å². The number of fused-ring (bicyclic) bond motifs is 1. The number of nitrogens with zero attached hydrogens (tertiary/aromatic N) is 2. The highest BCUT2D eigenvalue weighted by atomic mass is 32.2. The first-order chi connectivity index (χ1) is 19.5. The molecule has 214 valence electrons. The monoisotopic (exact) mass is 588 g/mol. The fraction of sp³-hybridized carbons (Fsp3) is 0.185. The van der Waals surface area contributed by atoms with Crippen LogP contribution < -0.4 is 15.8 Å². The van der Waals surface area contributed by atoms with E-state index in [1.165, 1.54) is 34.4 Å². The first-order valence-corrected chi connectivity index (χ1v) is 13.7. The lowest BCUT2D eigenvalue weighted by Crippen LogP contribution is -2.48. The number of carbonyl (C=O) groups excluding carboxylic acids is 1. The second-order valence-electron chi connectivity index (χ2n) is 9.19. The summed E-state index contributed by atoms with van der Waals surface area (Å²) in [5, 5.41) is 12.4. The molecule has 5 rings (SSSR count). The molecule has 0 fully saturated rings. The molecule has 4 aromatic rings. The molecule has 1 aliphatic heterocycles. The lowest BCUT2D eigenvalue weighted by molar-refractivity contribution is -0.138. The van der Waals surface area contributed by atoms with E-state index in [4.69, 9.17) is 4.74 Å². The second kappa shape index (κ2) is 10.9. The van der Waals surface area contributed by atoms with Gasteiger partial charge in [-0.15, -0.1) is 0 Å². The summed E-state index contributed by atoms with van der Waals surface area (Å²) in [4.78, 5) is 25.8. The number of carbonyl (C=O) groups is 1. The number of alkyl halides is 3. The SMILES string of the molecule is O=C(NO)C1c2c([nH]n(Cc3ccccc3)c2=O)CCN1S(=O)(=O)c1ccc(Oc2ccccc2C(F)(F)F)cc1. The summed E-state index contributed by atoms with van der Waals surface area (Å²) in [6.07, 6.45) is -4.58. The van der Waals surface area contributed by atoms with Crippen LogP contribution in [0.3, 0.4) is 0 Å². The molecule has 1 unspecified atom stereocenters. The molecule has 0 spiro atoms. The van der Waals surface area contributed by atoms with E-state index in [-0.39, 0.29) is 35.7 Å². The molecule has 0 radical (unpaired) electrons. The van der Waals surface area contributed by atoms with Crippen LogP contribution in [-0.2, 0) is 34.0 Å². The van der Waals surface area contributed by atoms with Crippen molar-refractivity contribution >= 4 is 15.9 Å². The minimum Gasteiger partial charge on any atom is -0.457 e. The van der Waals surface area contributed by atoms with Gasteiger partial charge in [0.2, 0.25) is 10.0 Å². The third-order valence-electron chi connectivity index (χ3n) is 6.61. The number of halogens is 3. The smallest absolute Gasteiger partial charge is 0.419 e. The van der Waals surface area contributed by atoms with E-state index in [1.54, 1.807) is 24.3 Å². The van der Waals surface area contributed by atoms with Crippen molar-refractivity contribution in [2.24, 2.45) is 0 Å². The second-order valence-corrected chi connectivity index (χ2v) is 11.1. The number of sulfonamides is 1. The number of hydrogen-bond donors (Lipinski definition) is 3. The van der Waals surface area contributed by atoms with Crippen molar-refractivity contribution in [1.82, 2.24) is 19.6 Å². The largest absolute Gasteiger partial charge is 0.457 e. The van der Waals surface area contributed by atoms with Crippen LogP contribution in [-0.4, -0.2) is 40.2 Å². The number of aromatic amines is 1. The molecule has 0 aliphatic carbocycles. The van der Waals surface area contributed by atoms with Crippen LogP contribution in [0.2, 0.25) is 0 Å². The lowest BCUT2D eigenvalue weighted by atomic mass is 10.0. The van der Waals surface area contributed by atoms with Crippen molar-refractivity contribution in [2.75, 3.05) is 6.54 Å². The number of amides is 1. The molecule has 2 heterocycles. The van der Waals surface area contributed by atoms with Gasteiger partial charge in [0.25, 0.3) is 11.5 Å². The number of benzene rings is 3. The number of hydroxylamine groups is 1. The average Bonchev–Trinajstić information content (AvgIpc) is 3.27. The highest BCUT2D eigenvalue weighted by Gasteiger charge is 2.44. The van der Waals surface area contributed by atoms with Gasteiger partial charge in [-0.2, -0.15) is 17.5 Å². The minimum absolute atomic E-state index is 0.0549. The predicted molar refractivity (Wildman–Crippen MR) is 139 cm³/mol. The molecule has 0 saturated heterocycles. The van der Waals surface area contributed by atoms with Gasteiger partial charge >= 0.3 is 6.18 Å². The molecule has 1 aromatic heterocycles. The Kier molecular flexibility index (Phi) is 7.46. The van der Waals surface area contributed by atoms with Gasteiger partial charge in [-0.1, -0.05) is 42.5 Å². The van der Waals surface area contributed by atoms with Crippen molar-refractivity contribution in [3.8, 4) is 11.5 Å². The Hall–Kier alpha value is -4.40. The number of hydrogen-bond acceptors (Lipinski definition) is 6. The Labute approximate surface area is 231 Å². The zero-order chi connectivity index (χ0) is 29.4. The van der Waals surface area contributed by atoms with E-state index in [1.807, 2.05) is 6.07 Å². The molecule has 3 aromatic carbocycles. The van der Waals surface area contributed by atoms with Crippen LogP contribution in [0.4, 0.5) is 13.2 Å². The number of rotatable bonds is 7. The maximum Gasteiger partial charge on any atom is 0.419 e. The number of ether oxygens (including phenoxy) is 1. The molecular formula is C27H23F3N4O6S. The highest BCUT2D eigenvalue weighted by Crippen LogP contribution is 2.38. The number of H-pyrrole nitrogens is 1. The Morgan fingerprint density at radius 1 is 1.02 bits per heavy atom.